The number of halogens is 2. The third-order valence-corrected chi connectivity index (χ3v) is 0. The molecule has 0 aromatic heterocycles. The second-order valence-corrected chi connectivity index (χ2v) is 5.64. The molecule has 5 heteroatoms. The molecule has 5 heavy (non-hydrogen) atoms. The van der Waals surface area contributed by atoms with Crippen molar-refractivity contribution in [3.8, 4) is 0 Å². The Morgan fingerprint density at radius 2 is 1.40 bits per heavy atom. The molecule has 2 radical (unpaired) electrons. The van der Waals surface area contributed by atoms with Gasteiger partial charge in [-0.25, -0.2) is 0 Å². The van der Waals surface area contributed by atoms with Crippen molar-refractivity contribution in [3.05, 3.63) is 0 Å². The second kappa shape index (κ2) is 15.6. The molecule has 0 aliphatic rings. The molecule has 0 bridgehead atoms. The molecule has 0 atom stereocenters. The van der Waals surface area contributed by atoms with Gasteiger partial charge in [0.1, 0.15) is 0 Å². The van der Waals surface area contributed by atoms with E-state index in [9.17, 15) is 0 Å². The summed E-state index contributed by atoms with van der Waals surface area (Å²) in [5, 5.41) is 0. The average Bonchev–Trinajstić information content (AvgIpc) is 0.918. The molecule has 26 valence electrons. The van der Waals surface area contributed by atoms with Crippen LogP contribution in [-0.4, -0.2) is 59.5 Å². The third kappa shape index (κ3) is 18.6. The van der Waals surface area contributed by atoms with E-state index in [1.807, 2.05) is 0 Å². The Bertz CT molecular complexity index is 15.7. The quantitative estimate of drug-likeness (QED) is 0.556. The summed E-state index contributed by atoms with van der Waals surface area (Å²) >= 11 is -0.972. The van der Waals surface area contributed by atoms with Crippen molar-refractivity contribution in [3.63, 3.8) is 0 Å². The van der Waals surface area contributed by atoms with Crippen LogP contribution in [0.2, 0.25) is 0 Å². The fourth-order valence-corrected chi connectivity index (χ4v) is 0. The molecular formula is H2CaCl2PbTi. The smallest absolute Gasteiger partial charge is 0 e. The largest absolute Gasteiger partial charge is 1.00 e. The molecule has 0 saturated heterocycles. The number of hydrogen-bond donors (Lipinski definition) is 0. The van der Waals surface area contributed by atoms with Crippen LogP contribution in [0.15, 0.2) is 0 Å². The molecule has 0 rings (SSSR count). The molecule has 0 N–H and O–H groups in total. The Morgan fingerprint density at radius 3 is 1.40 bits per heavy atom. The summed E-state index contributed by atoms with van der Waals surface area (Å²) in [5.41, 5.74) is 0. The van der Waals surface area contributed by atoms with Gasteiger partial charge in [-0.05, 0) is 0 Å². The van der Waals surface area contributed by atoms with Gasteiger partial charge in [-0.3, -0.25) is 0 Å². The SMILES string of the molecule is [Ca+2].[Cl][Pb][Cl].[H-].[H-].[Ti]. The molecule has 0 spiro atoms. The van der Waals surface area contributed by atoms with E-state index >= 15 is 0 Å². The first-order valence-corrected chi connectivity index (χ1v) is 9.95. The Kier molecular flexibility index (Phi) is 49.4. The van der Waals surface area contributed by atoms with Crippen molar-refractivity contribution in [2.45, 2.75) is 0 Å². The summed E-state index contributed by atoms with van der Waals surface area (Å²) in [6.45, 7) is 0. The molecule has 0 aromatic rings. The van der Waals surface area contributed by atoms with Crippen LogP contribution in [0.25, 0.3) is 0 Å². The molecule has 0 fully saturated rings. The minimum atomic E-state index is -0.972. The Morgan fingerprint density at radius 1 is 1.40 bits per heavy atom. The van der Waals surface area contributed by atoms with Crippen LogP contribution < -0.4 is 0 Å². The maximum absolute atomic E-state index is 4.96. The molecule has 0 saturated carbocycles. The first-order chi connectivity index (χ1) is 1.41. The van der Waals surface area contributed by atoms with E-state index in [0.717, 1.165) is 0 Å². The summed E-state index contributed by atoms with van der Waals surface area (Å²) in [7, 11) is 9.92. The van der Waals surface area contributed by atoms with E-state index in [0.29, 0.717) is 0 Å². The molecule has 0 nitrogen and oxygen atoms in total. The van der Waals surface area contributed by atoms with E-state index in [4.69, 9.17) is 16.6 Å². The normalized spacial score (nSPS) is 3.60. The Balaban J connectivity index is -0.00000000333. The van der Waals surface area contributed by atoms with Crippen molar-refractivity contribution >= 4 is 76.2 Å². The van der Waals surface area contributed by atoms with Gasteiger partial charge in [0, 0.05) is 21.7 Å². The zero-order valence-corrected chi connectivity index (χ0v) is 11.6. The molecule has 0 aliphatic carbocycles. The summed E-state index contributed by atoms with van der Waals surface area (Å²) in [4.78, 5) is 0. The zero-order chi connectivity index (χ0) is 2.71. The van der Waals surface area contributed by atoms with Crippen molar-refractivity contribution in [1.29, 1.82) is 0 Å². The minimum absolute atomic E-state index is 0. The standard InChI is InChI=1S/Ca.2ClH.Pb.Ti.2H/h;2*1H;;;;/q+2;;;+2;;2*-1/p-2. The maximum Gasteiger partial charge on any atom is 0 e. The van der Waals surface area contributed by atoms with Crippen LogP contribution >= 0.6 is 16.6 Å². The molecule has 0 unspecified atom stereocenters. The Labute approximate surface area is 98.4 Å². The topological polar surface area (TPSA) is 0 Å². The van der Waals surface area contributed by atoms with Crippen LogP contribution in [0.1, 0.15) is 2.85 Å². The van der Waals surface area contributed by atoms with Crippen LogP contribution in [0.5, 0.6) is 0 Å². The molecule has 0 aromatic carbocycles. The van der Waals surface area contributed by atoms with Crippen LogP contribution in [0.4, 0.5) is 0 Å². The molecule has 0 amide bonds. The predicted molar refractivity (Wildman–Crippen MR) is 25.4 cm³/mol. The van der Waals surface area contributed by atoms with Crippen LogP contribution in [0, 0.1) is 0 Å². The summed E-state index contributed by atoms with van der Waals surface area (Å²) in [6.07, 6.45) is 0. The fraction of sp³-hybridized carbons (Fsp3) is 0. The van der Waals surface area contributed by atoms with Gasteiger partial charge in [-0.15, -0.1) is 0 Å². The first kappa shape index (κ1) is 15.8. The van der Waals surface area contributed by atoms with Gasteiger partial charge in [-0.1, -0.05) is 0 Å². The van der Waals surface area contributed by atoms with Gasteiger partial charge in [0.25, 0.3) is 0 Å². The van der Waals surface area contributed by atoms with Crippen molar-refractivity contribution in [2.75, 3.05) is 0 Å². The predicted octanol–water partition coefficient (Wildman–Crippen LogP) is 0.840. The third-order valence-electron chi connectivity index (χ3n) is 0. The van der Waals surface area contributed by atoms with Crippen LogP contribution in [-0.2, 0) is 21.7 Å². The van der Waals surface area contributed by atoms with Crippen molar-refractivity contribution in [1.82, 2.24) is 0 Å². The fourth-order valence-electron chi connectivity index (χ4n) is 0. The van der Waals surface area contributed by atoms with E-state index in [1.54, 1.807) is 0 Å². The van der Waals surface area contributed by atoms with E-state index in [2.05, 4.69) is 0 Å². The van der Waals surface area contributed by atoms with Crippen molar-refractivity contribution < 1.29 is 24.6 Å². The number of rotatable bonds is 0. The van der Waals surface area contributed by atoms with Crippen molar-refractivity contribution in [2.24, 2.45) is 0 Å². The molecule has 0 aliphatic heterocycles. The monoisotopic (exact) mass is 368 g/mol. The second-order valence-electron chi connectivity index (χ2n) is 0.0714. The van der Waals surface area contributed by atoms with Gasteiger partial charge < -0.3 is 2.85 Å². The van der Waals surface area contributed by atoms with E-state index in [1.165, 1.54) is 0 Å². The average molecular weight is 368 g/mol. The van der Waals surface area contributed by atoms with Gasteiger partial charge in [-0.2, -0.15) is 0 Å². The summed E-state index contributed by atoms with van der Waals surface area (Å²) < 4.78 is 0. The molecule has 0 heterocycles. The van der Waals surface area contributed by atoms with Crippen LogP contribution in [0.3, 0.4) is 0 Å². The van der Waals surface area contributed by atoms with E-state index < -0.39 is 21.8 Å². The van der Waals surface area contributed by atoms with Gasteiger partial charge >= 0.3 is 76.2 Å². The maximum atomic E-state index is 4.96. The van der Waals surface area contributed by atoms with Gasteiger partial charge in [0.15, 0.2) is 0 Å². The first-order valence-electron chi connectivity index (χ1n) is 0.378. The molecular weight excluding hydrogens is 366 g/mol. The van der Waals surface area contributed by atoms with Gasteiger partial charge in [0.05, 0.1) is 0 Å². The number of hydrogen-bond acceptors (Lipinski definition) is 0. The van der Waals surface area contributed by atoms with E-state index in [-0.39, 0.29) is 62.3 Å². The zero-order valence-electron chi connectivity index (χ0n) is 4.46. The van der Waals surface area contributed by atoms with Gasteiger partial charge in [0.2, 0.25) is 0 Å². The summed E-state index contributed by atoms with van der Waals surface area (Å²) in [6, 6.07) is 0. The summed E-state index contributed by atoms with van der Waals surface area (Å²) in [5.74, 6) is 0. The Hall–Kier alpha value is 3.48. The minimum Gasteiger partial charge on any atom is -1.00 e.